The summed E-state index contributed by atoms with van der Waals surface area (Å²) in [6.45, 7) is 3.44. The number of nitrogens with one attached hydrogen (secondary N) is 2. The Morgan fingerprint density at radius 3 is 2.81 bits per heavy atom. The third-order valence-corrected chi connectivity index (χ3v) is 3.99. The highest BCUT2D eigenvalue weighted by Gasteiger charge is 2.17. The average Bonchev–Trinajstić information content (AvgIpc) is 2.99. The molecular formula is C17H25N4O4S+. The molecule has 0 radical (unpaired) electrons. The second-order valence-corrected chi connectivity index (χ2v) is 6.23. The van der Waals surface area contributed by atoms with Crippen LogP contribution < -0.4 is 19.7 Å². The van der Waals surface area contributed by atoms with Crippen LogP contribution in [0.4, 0.5) is 0 Å². The fourth-order valence-corrected chi connectivity index (χ4v) is 2.59. The molecule has 1 atom stereocenters. The molecule has 9 heteroatoms. The quantitative estimate of drug-likeness (QED) is 0.628. The first-order valence-corrected chi connectivity index (χ1v) is 8.77. The number of quaternary nitrogens is 1. The maximum Gasteiger partial charge on any atom is 0.292 e. The second-order valence-electron chi connectivity index (χ2n) is 5.88. The highest BCUT2D eigenvalue weighted by Crippen LogP contribution is 2.32. The first-order valence-electron chi connectivity index (χ1n) is 8.36. The number of carbonyl (C=O) groups is 1. The second kappa shape index (κ2) is 9.35. The van der Waals surface area contributed by atoms with E-state index in [9.17, 15) is 4.79 Å². The largest absolute Gasteiger partial charge is 0.497 e. The van der Waals surface area contributed by atoms with Crippen molar-refractivity contribution in [3.8, 4) is 23.0 Å². The Bertz CT molecular complexity index is 802. The lowest BCUT2D eigenvalue weighted by molar-refractivity contribution is -0.895. The van der Waals surface area contributed by atoms with Gasteiger partial charge in [-0.2, -0.15) is 4.68 Å². The van der Waals surface area contributed by atoms with Gasteiger partial charge in [-0.3, -0.25) is 4.79 Å². The lowest BCUT2D eigenvalue weighted by Gasteiger charge is -2.12. The highest BCUT2D eigenvalue weighted by molar-refractivity contribution is 7.71. The topological polar surface area (TPSA) is 83.0 Å². The van der Waals surface area contributed by atoms with Crippen LogP contribution >= 0.6 is 12.2 Å². The molecule has 26 heavy (non-hydrogen) atoms. The molecule has 2 rings (SSSR count). The zero-order valence-electron chi connectivity index (χ0n) is 15.5. The Labute approximate surface area is 157 Å². The molecule has 0 aliphatic heterocycles. The summed E-state index contributed by atoms with van der Waals surface area (Å²) < 4.78 is 17.8. The lowest BCUT2D eigenvalue weighted by atomic mass is 10.2. The summed E-state index contributed by atoms with van der Waals surface area (Å²) >= 11 is 5.26. The van der Waals surface area contributed by atoms with E-state index in [4.69, 9.17) is 26.1 Å². The van der Waals surface area contributed by atoms with Gasteiger partial charge < -0.3 is 24.1 Å². The van der Waals surface area contributed by atoms with Crippen LogP contribution in [-0.2, 0) is 11.5 Å². The molecule has 2 aromatic rings. The summed E-state index contributed by atoms with van der Waals surface area (Å²) in [5.41, 5.74) is 0.677. The van der Waals surface area contributed by atoms with Gasteiger partial charge in [0.25, 0.3) is 16.6 Å². The van der Waals surface area contributed by atoms with E-state index in [0.29, 0.717) is 42.7 Å². The molecule has 1 amide bonds. The molecule has 0 aliphatic carbocycles. The number of methoxy groups -OCH3 is 2. The van der Waals surface area contributed by atoms with Crippen LogP contribution in [0.5, 0.6) is 11.5 Å². The molecule has 1 aromatic carbocycles. The molecule has 0 aliphatic rings. The summed E-state index contributed by atoms with van der Waals surface area (Å²) in [5.74, 6) is 1.60. The van der Waals surface area contributed by atoms with Crippen LogP contribution in [0, 0.1) is 4.84 Å². The van der Waals surface area contributed by atoms with Crippen LogP contribution in [-0.4, -0.2) is 50.0 Å². The number of likely N-dealkylation sites (N-methyl/N-ethyl adjacent to an activating group) is 1. The van der Waals surface area contributed by atoms with Gasteiger partial charge in [0.2, 0.25) is 0 Å². The Morgan fingerprint density at radius 1 is 1.38 bits per heavy atom. The van der Waals surface area contributed by atoms with E-state index in [1.165, 1.54) is 0 Å². The van der Waals surface area contributed by atoms with Crippen molar-refractivity contribution in [2.75, 3.05) is 34.4 Å². The van der Waals surface area contributed by atoms with Crippen LogP contribution in [0.1, 0.15) is 13.3 Å². The fraction of sp³-hybridized carbons (Fsp3) is 0.471. The summed E-state index contributed by atoms with van der Waals surface area (Å²) in [5, 5.41) is 7.28. The number of carbonyl (C=O) groups excluding carboxylic acids is 1. The summed E-state index contributed by atoms with van der Waals surface area (Å²) in [6, 6.07) is 5.35. The molecule has 2 N–H and O–H groups in total. The van der Waals surface area contributed by atoms with Gasteiger partial charge in [-0.25, -0.2) is 0 Å². The Morgan fingerprint density at radius 2 is 2.15 bits per heavy atom. The Hall–Kier alpha value is -2.39. The van der Waals surface area contributed by atoms with E-state index >= 15 is 0 Å². The van der Waals surface area contributed by atoms with Gasteiger partial charge in [-0.05, 0) is 30.8 Å². The number of hydrogen-bond donors (Lipinski definition) is 2. The van der Waals surface area contributed by atoms with Crippen molar-refractivity contribution in [1.82, 2.24) is 15.1 Å². The van der Waals surface area contributed by atoms with E-state index in [1.54, 1.807) is 37.1 Å². The van der Waals surface area contributed by atoms with Gasteiger partial charge in [-0.15, -0.1) is 5.10 Å². The van der Waals surface area contributed by atoms with Crippen molar-refractivity contribution in [3.63, 3.8) is 0 Å². The van der Waals surface area contributed by atoms with Gasteiger partial charge >= 0.3 is 0 Å². The SMILES string of the molecule is CCCNC(=O)C[NH+](C)Cn1nc(-c2ccc(OC)cc2OC)oc1=S. The van der Waals surface area contributed by atoms with Crippen LogP contribution in [0.3, 0.4) is 0 Å². The number of rotatable bonds is 9. The average molecular weight is 381 g/mol. The van der Waals surface area contributed by atoms with Gasteiger partial charge in [0.1, 0.15) is 11.5 Å². The number of aromatic nitrogens is 2. The van der Waals surface area contributed by atoms with Crippen molar-refractivity contribution in [2.45, 2.75) is 20.0 Å². The summed E-state index contributed by atoms with van der Waals surface area (Å²) in [6.07, 6.45) is 0.909. The number of amides is 1. The molecule has 0 saturated heterocycles. The van der Waals surface area contributed by atoms with Crippen LogP contribution in [0.25, 0.3) is 11.5 Å². The number of nitrogens with zero attached hydrogens (tertiary/aromatic N) is 2. The monoisotopic (exact) mass is 381 g/mol. The molecule has 0 bridgehead atoms. The van der Waals surface area contributed by atoms with Crippen molar-refractivity contribution in [3.05, 3.63) is 23.0 Å². The van der Waals surface area contributed by atoms with Gasteiger partial charge in [0, 0.05) is 12.6 Å². The molecule has 0 saturated carbocycles. The van der Waals surface area contributed by atoms with Gasteiger partial charge in [-0.1, -0.05) is 6.92 Å². The number of benzene rings is 1. The molecule has 1 heterocycles. The van der Waals surface area contributed by atoms with E-state index in [2.05, 4.69) is 10.4 Å². The highest BCUT2D eigenvalue weighted by atomic mass is 32.1. The van der Waals surface area contributed by atoms with Gasteiger partial charge in [0.15, 0.2) is 13.2 Å². The van der Waals surface area contributed by atoms with E-state index in [1.807, 2.05) is 14.0 Å². The summed E-state index contributed by atoms with van der Waals surface area (Å²) in [4.78, 5) is 13.0. The molecule has 142 valence electrons. The van der Waals surface area contributed by atoms with E-state index in [0.717, 1.165) is 11.3 Å². The molecule has 1 unspecified atom stereocenters. The first-order chi connectivity index (χ1) is 12.5. The predicted molar refractivity (Wildman–Crippen MR) is 98.9 cm³/mol. The van der Waals surface area contributed by atoms with E-state index < -0.39 is 0 Å². The van der Waals surface area contributed by atoms with Crippen LogP contribution in [0.15, 0.2) is 22.6 Å². The van der Waals surface area contributed by atoms with Crippen molar-refractivity contribution in [1.29, 1.82) is 0 Å². The normalized spacial score (nSPS) is 11.8. The molecule has 8 nitrogen and oxygen atoms in total. The standard InChI is InChI=1S/C17H24N4O4S/c1-5-8-18-15(22)10-20(2)11-21-17(26)25-16(19-21)13-7-6-12(23-3)9-14(13)24-4/h6-7,9H,5,8,10-11H2,1-4H3,(H,18,22)/p+1. The van der Waals surface area contributed by atoms with Crippen molar-refractivity contribution in [2.24, 2.45) is 0 Å². The minimum Gasteiger partial charge on any atom is -0.497 e. The van der Waals surface area contributed by atoms with Crippen LogP contribution in [0.2, 0.25) is 0 Å². The molecule has 0 spiro atoms. The minimum absolute atomic E-state index is 0.00332. The third-order valence-electron chi connectivity index (χ3n) is 3.70. The third kappa shape index (κ3) is 5.06. The fourth-order valence-electron chi connectivity index (χ4n) is 2.40. The number of ether oxygens (including phenoxy) is 2. The molecule has 1 aromatic heterocycles. The number of hydrogen-bond acceptors (Lipinski definition) is 6. The maximum atomic E-state index is 11.8. The minimum atomic E-state index is -0.00332. The zero-order valence-corrected chi connectivity index (χ0v) is 16.3. The Balaban J connectivity index is 2.14. The lowest BCUT2D eigenvalue weighted by Crippen LogP contribution is -3.09. The van der Waals surface area contributed by atoms with E-state index in [-0.39, 0.29) is 10.7 Å². The maximum absolute atomic E-state index is 11.8. The molecule has 0 fully saturated rings. The molecular weight excluding hydrogens is 356 g/mol. The Kier molecular flexibility index (Phi) is 7.16. The van der Waals surface area contributed by atoms with Crippen molar-refractivity contribution >= 4 is 18.1 Å². The predicted octanol–water partition coefficient (Wildman–Crippen LogP) is 0.888. The van der Waals surface area contributed by atoms with Crippen molar-refractivity contribution < 1.29 is 23.6 Å². The zero-order chi connectivity index (χ0) is 19.1. The first kappa shape index (κ1) is 19.9. The summed E-state index contributed by atoms with van der Waals surface area (Å²) in [7, 11) is 5.05. The van der Waals surface area contributed by atoms with Gasteiger partial charge in [0.05, 0.1) is 26.8 Å². The smallest absolute Gasteiger partial charge is 0.292 e.